The van der Waals surface area contributed by atoms with E-state index in [0.717, 1.165) is 11.1 Å². The van der Waals surface area contributed by atoms with Crippen LogP contribution in [-0.2, 0) is 4.79 Å². The number of carbonyl (C=O) groups excluding carboxylic acids is 1. The van der Waals surface area contributed by atoms with Gasteiger partial charge in [0.2, 0.25) is 0 Å². The molecule has 1 amide bonds. The number of hydrazone groups is 1. The van der Waals surface area contributed by atoms with Crippen LogP contribution in [0.3, 0.4) is 0 Å². The normalized spacial score (nSPS) is 18.5. The highest BCUT2D eigenvalue weighted by atomic mass is 35.5. The summed E-state index contributed by atoms with van der Waals surface area (Å²) in [6, 6.07) is 5.45. The number of nitrogens with one attached hydrogen (secondary N) is 2. The molecule has 1 aromatic rings. The molecule has 1 heterocycles. The van der Waals surface area contributed by atoms with Gasteiger partial charge in [-0.05, 0) is 25.0 Å². The molecule has 0 saturated carbocycles. The minimum absolute atomic E-state index is 0.295. The summed E-state index contributed by atoms with van der Waals surface area (Å²) in [6.45, 7) is 4.04. The van der Waals surface area contributed by atoms with Gasteiger partial charge in [-0.2, -0.15) is 5.10 Å². The Morgan fingerprint density at radius 3 is 2.85 bits per heavy atom. The van der Waals surface area contributed by atoms with Crippen LogP contribution in [0.5, 0.6) is 0 Å². The highest BCUT2D eigenvalue weighted by molar-refractivity contribution is 6.32. The summed E-state index contributed by atoms with van der Waals surface area (Å²) in [5.41, 5.74) is 8.65. The van der Waals surface area contributed by atoms with Crippen molar-refractivity contribution in [2.24, 2.45) is 5.10 Å². The number of carbonyl (C=O) groups is 1. The molecule has 0 fully saturated rings. The molecule has 2 N–H and O–H groups in total. The smallest absolute Gasteiger partial charge is 0.264 e. The molecule has 1 unspecified atom stereocenters. The molecular weight excluding hydrogens is 276 g/mol. The van der Waals surface area contributed by atoms with E-state index in [-0.39, 0.29) is 5.91 Å². The largest absolute Gasteiger partial charge is 0.316 e. The summed E-state index contributed by atoms with van der Waals surface area (Å²) < 4.78 is 0. The number of benzene rings is 1. The van der Waals surface area contributed by atoms with Crippen LogP contribution in [-0.4, -0.2) is 30.2 Å². The Labute approximate surface area is 123 Å². The molecule has 0 radical (unpaired) electrons. The summed E-state index contributed by atoms with van der Waals surface area (Å²) in [4.78, 5) is 11.9. The third-order valence-corrected chi connectivity index (χ3v) is 3.31. The third-order valence-electron chi connectivity index (χ3n) is 2.99. The van der Waals surface area contributed by atoms with E-state index in [4.69, 9.17) is 11.6 Å². The van der Waals surface area contributed by atoms with Gasteiger partial charge >= 0.3 is 0 Å². The zero-order valence-corrected chi connectivity index (χ0v) is 12.4. The molecule has 1 aliphatic rings. The van der Waals surface area contributed by atoms with E-state index >= 15 is 0 Å². The second kappa shape index (κ2) is 6.07. The Bertz CT molecular complexity index is 583. The second-order valence-corrected chi connectivity index (χ2v) is 5.22. The van der Waals surface area contributed by atoms with E-state index in [0.29, 0.717) is 5.03 Å². The van der Waals surface area contributed by atoms with Crippen molar-refractivity contribution in [3.8, 4) is 0 Å². The first-order chi connectivity index (χ1) is 9.47. The zero-order chi connectivity index (χ0) is 14.7. The summed E-state index contributed by atoms with van der Waals surface area (Å²) in [5, 5.41) is 6.04. The quantitative estimate of drug-likeness (QED) is 0.658. The average Bonchev–Trinajstić information content (AvgIpc) is 2.71. The molecule has 0 spiro atoms. The minimum atomic E-state index is -0.585. The number of hydrazine groups is 1. The Balaban J connectivity index is 1.97. The van der Waals surface area contributed by atoms with Gasteiger partial charge in [-0.3, -0.25) is 4.79 Å². The van der Waals surface area contributed by atoms with Crippen molar-refractivity contribution >= 4 is 23.7 Å². The molecule has 1 atom stereocenters. The lowest BCUT2D eigenvalue weighted by Gasteiger charge is -2.13. The fourth-order valence-corrected chi connectivity index (χ4v) is 2.24. The molecule has 5 nitrogen and oxygen atoms in total. The molecule has 0 saturated heterocycles. The maximum absolute atomic E-state index is 11.9. The maximum atomic E-state index is 11.9. The van der Waals surface area contributed by atoms with Gasteiger partial charge in [-0.15, -0.1) is 0 Å². The van der Waals surface area contributed by atoms with Crippen molar-refractivity contribution < 1.29 is 4.79 Å². The number of halogens is 1. The predicted molar refractivity (Wildman–Crippen MR) is 80.3 cm³/mol. The van der Waals surface area contributed by atoms with Crippen molar-refractivity contribution in [1.82, 2.24) is 15.9 Å². The molecule has 106 valence electrons. The Morgan fingerprint density at radius 1 is 1.50 bits per heavy atom. The first-order valence-corrected chi connectivity index (χ1v) is 6.61. The maximum Gasteiger partial charge on any atom is 0.264 e. The third kappa shape index (κ3) is 3.37. The topological polar surface area (TPSA) is 56.7 Å². The van der Waals surface area contributed by atoms with Crippen LogP contribution in [0, 0.1) is 13.8 Å². The average molecular weight is 293 g/mol. The van der Waals surface area contributed by atoms with Crippen LogP contribution in [0.15, 0.2) is 34.5 Å². The van der Waals surface area contributed by atoms with Crippen molar-refractivity contribution in [3.63, 3.8) is 0 Å². The lowest BCUT2D eigenvalue weighted by atomic mass is 10.1. The Kier molecular flexibility index (Phi) is 4.42. The summed E-state index contributed by atoms with van der Waals surface area (Å²) >= 11 is 5.95. The molecule has 20 heavy (non-hydrogen) atoms. The van der Waals surface area contributed by atoms with Crippen LogP contribution >= 0.6 is 11.6 Å². The second-order valence-electron chi connectivity index (χ2n) is 4.78. The molecule has 0 aliphatic carbocycles. The molecule has 6 heteroatoms. The number of aryl methyl sites for hydroxylation is 2. The molecule has 0 bridgehead atoms. The van der Waals surface area contributed by atoms with Gasteiger partial charge in [-0.25, -0.2) is 10.9 Å². The molecule has 1 aliphatic heterocycles. The van der Waals surface area contributed by atoms with Gasteiger partial charge in [0.25, 0.3) is 5.91 Å². The predicted octanol–water partition coefficient (Wildman–Crippen LogP) is 1.65. The first kappa shape index (κ1) is 14.6. The van der Waals surface area contributed by atoms with Crippen molar-refractivity contribution in [1.29, 1.82) is 0 Å². The zero-order valence-electron chi connectivity index (χ0n) is 11.6. The van der Waals surface area contributed by atoms with Gasteiger partial charge in [-0.1, -0.05) is 35.4 Å². The van der Waals surface area contributed by atoms with E-state index in [1.807, 2.05) is 26.0 Å². The molecule has 1 aromatic carbocycles. The van der Waals surface area contributed by atoms with Crippen LogP contribution in [0.2, 0.25) is 0 Å². The lowest BCUT2D eigenvalue weighted by Crippen LogP contribution is -2.43. The summed E-state index contributed by atoms with van der Waals surface area (Å²) in [5.74, 6) is -0.295. The molecule has 0 aromatic heterocycles. The molecule has 2 rings (SSSR count). The van der Waals surface area contributed by atoms with Gasteiger partial charge in [0.15, 0.2) is 0 Å². The van der Waals surface area contributed by atoms with E-state index < -0.39 is 6.04 Å². The Hall–Kier alpha value is -1.85. The standard InChI is InChI=1S/C14H17ClN4O/c1-9-4-5-11(10(2)6-9)7-16-17-14(20)13-12(15)8-19(3)18-13/h4-8,13,18H,1-3H3,(H,17,20)/b16-7+. The monoisotopic (exact) mass is 292 g/mol. The van der Waals surface area contributed by atoms with Crippen molar-refractivity contribution in [2.75, 3.05) is 7.05 Å². The highest BCUT2D eigenvalue weighted by Crippen LogP contribution is 2.15. The Morgan fingerprint density at radius 2 is 2.25 bits per heavy atom. The van der Waals surface area contributed by atoms with E-state index in [2.05, 4.69) is 22.0 Å². The van der Waals surface area contributed by atoms with E-state index in [9.17, 15) is 4.79 Å². The highest BCUT2D eigenvalue weighted by Gasteiger charge is 2.27. The fourth-order valence-electron chi connectivity index (χ4n) is 1.95. The summed E-state index contributed by atoms with van der Waals surface area (Å²) in [7, 11) is 1.77. The summed E-state index contributed by atoms with van der Waals surface area (Å²) in [6.07, 6.45) is 3.28. The number of hydrogen-bond donors (Lipinski definition) is 2. The number of hydrogen-bond acceptors (Lipinski definition) is 4. The SMILES string of the molecule is Cc1ccc(/C=N/NC(=O)C2NN(C)C=C2Cl)c(C)c1. The van der Waals surface area contributed by atoms with Crippen molar-refractivity contribution in [2.45, 2.75) is 19.9 Å². The van der Waals surface area contributed by atoms with Gasteiger partial charge in [0.05, 0.1) is 11.2 Å². The van der Waals surface area contributed by atoms with Gasteiger partial charge in [0, 0.05) is 13.2 Å². The van der Waals surface area contributed by atoms with Crippen LogP contribution in [0.1, 0.15) is 16.7 Å². The fraction of sp³-hybridized carbons (Fsp3) is 0.286. The van der Waals surface area contributed by atoms with Gasteiger partial charge < -0.3 is 5.01 Å². The van der Waals surface area contributed by atoms with Crippen LogP contribution < -0.4 is 10.9 Å². The van der Waals surface area contributed by atoms with Crippen LogP contribution in [0.25, 0.3) is 0 Å². The minimum Gasteiger partial charge on any atom is -0.316 e. The first-order valence-electron chi connectivity index (χ1n) is 6.24. The lowest BCUT2D eigenvalue weighted by molar-refractivity contribution is -0.122. The van der Waals surface area contributed by atoms with Gasteiger partial charge in [0.1, 0.15) is 6.04 Å². The van der Waals surface area contributed by atoms with Crippen LogP contribution in [0.4, 0.5) is 0 Å². The van der Waals surface area contributed by atoms with E-state index in [1.54, 1.807) is 24.5 Å². The number of amides is 1. The van der Waals surface area contributed by atoms with E-state index in [1.165, 1.54) is 5.56 Å². The van der Waals surface area contributed by atoms with Crippen molar-refractivity contribution in [3.05, 3.63) is 46.1 Å². The number of nitrogens with zero attached hydrogens (tertiary/aromatic N) is 2. The molecular formula is C14H17ClN4O. The number of rotatable bonds is 3.